The first-order valence-electron chi connectivity index (χ1n) is 8.68. The van der Waals surface area contributed by atoms with Gasteiger partial charge in [-0.15, -0.1) is 0 Å². The molecule has 1 amide bonds. The molecule has 0 radical (unpaired) electrons. The first-order valence-corrected chi connectivity index (χ1v) is 10.1. The number of piperidine rings is 1. The number of hydrogen-bond acceptors (Lipinski definition) is 5. The Morgan fingerprint density at radius 2 is 2.08 bits per heavy atom. The van der Waals surface area contributed by atoms with Crippen molar-refractivity contribution in [2.24, 2.45) is 0 Å². The van der Waals surface area contributed by atoms with Crippen molar-refractivity contribution in [2.45, 2.75) is 30.7 Å². The van der Waals surface area contributed by atoms with Gasteiger partial charge in [0.2, 0.25) is 10.0 Å². The fourth-order valence-corrected chi connectivity index (χ4v) is 4.85. The predicted molar refractivity (Wildman–Crippen MR) is 94.1 cm³/mol. The van der Waals surface area contributed by atoms with Crippen LogP contribution in [0.25, 0.3) is 0 Å². The molecule has 8 heteroatoms. The Labute approximate surface area is 148 Å². The van der Waals surface area contributed by atoms with E-state index in [9.17, 15) is 13.2 Å². The molecule has 1 atom stereocenters. The van der Waals surface area contributed by atoms with E-state index in [1.165, 1.54) is 10.4 Å². The van der Waals surface area contributed by atoms with Gasteiger partial charge in [0.1, 0.15) is 0 Å². The maximum Gasteiger partial charge on any atom is 0.251 e. The summed E-state index contributed by atoms with van der Waals surface area (Å²) in [6, 6.07) is 4.95. The minimum Gasteiger partial charge on any atom is -0.379 e. The molecule has 0 aromatic heterocycles. The number of amides is 1. The van der Waals surface area contributed by atoms with Crippen LogP contribution in [0.5, 0.6) is 0 Å². The Hall–Kier alpha value is -1.48. The van der Waals surface area contributed by atoms with Crippen molar-refractivity contribution in [3.8, 4) is 0 Å². The summed E-state index contributed by atoms with van der Waals surface area (Å²) >= 11 is 0. The molecule has 1 aromatic rings. The van der Waals surface area contributed by atoms with E-state index in [1.54, 1.807) is 19.1 Å². The molecule has 2 saturated heterocycles. The fourth-order valence-electron chi connectivity index (χ4n) is 3.19. The van der Waals surface area contributed by atoms with Gasteiger partial charge in [0, 0.05) is 31.2 Å². The zero-order valence-electron chi connectivity index (χ0n) is 14.5. The van der Waals surface area contributed by atoms with Crippen molar-refractivity contribution in [3.63, 3.8) is 0 Å². The molecule has 7 nitrogen and oxygen atoms in total. The Kier molecular flexibility index (Phi) is 5.73. The van der Waals surface area contributed by atoms with E-state index in [1.807, 2.05) is 0 Å². The highest BCUT2D eigenvalue weighted by atomic mass is 32.2. The van der Waals surface area contributed by atoms with E-state index in [2.05, 4.69) is 10.6 Å². The Morgan fingerprint density at radius 3 is 2.76 bits per heavy atom. The largest absolute Gasteiger partial charge is 0.379 e. The number of rotatable bonds is 4. The molecule has 2 aliphatic heterocycles. The predicted octanol–water partition coefficient (Wildman–Crippen LogP) is 0.498. The third kappa shape index (κ3) is 4.20. The van der Waals surface area contributed by atoms with Crippen LogP contribution in [-0.2, 0) is 14.8 Å². The topological polar surface area (TPSA) is 87.7 Å². The molecule has 25 heavy (non-hydrogen) atoms. The standard InChI is InChI=1S/C17H25N3O4S/c1-13-4-5-14(17(21)19-15-3-2-6-18-12-15)11-16(13)25(22,23)20-7-9-24-10-8-20/h4-5,11,15,18H,2-3,6-10,12H2,1H3,(H,19,21). The van der Waals surface area contributed by atoms with Gasteiger partial charge >= 0.3 is 0 Å². The lowest BCUT2D eigenvalue weighted by molar-refractivity contribution is 0.0730. The van der Waals surface area contributed by atoms with E-state index in [0.717, 1.165) is 25.9 Å². The molecule has 2 aliphatic rings. The van der Waals surface area contributed by atoms with Crippen molar-refractivity contribution in [3.05, 3.63) is 29.3 Å². The number of nitrogens with one attached hydrogen (secondary N) is 2. The SMILES string of the molecule is Cc1ccc(C(=O)NC2CCCNC2)cc1S(=O)(=O)N1CCOCC1. The maximum atomic E-state index is 12.9. The number of benzene rings is 1. The van der Waals surface area contributed by atoms with E-state index in [4.69, 9.17) is 4.74 Å². The molecule has 0 saturated carbocycles. The van der Waals surface area contributed by atoms with Gasteiger partial charge in [-0.3, -0.25) is 4.79 Å². The lowest BCUT2D eigenvalue weighted by atomic mass is 10.1. The molecule has 3 rings (SSSR count). The smallest absolute Gasteiger partial charge is 0.251 e. The van der Waals surface area contributed by atoms with E-state index < -0.39 is 10.0 Å². The van der Waals surface area contributed by atoms with E-state index >= 15 is 0 Å². The molecular weight excluding hydrogens is 342 g/mol. The van der Waals surface area contributed by atoms with Gasteiger partial charge in [-0.1, -0.05) is 6.07 Å². The summed E-state index contributed by atoms with van der Waals surface area (Å²) in [6.07, 6.45) is 1.96. The van der Waals surface area contributed by atoms with Crippen molar-refractivity contribution < 1.29 is 17.9 Å². The first-order chi connectivity index (χ1) is 12.0. The number of hydrogen-bond donors (Lipinski definition) is 2. The highest BCUT2D eigenvalue weighted by Gasteiger charge is 2.28. The van der Waals surface area contributed by atoms with Gasteiger partial charge in [0.25, 0.3) is 5.91 Å². The summed E-state index contributed by atoms with van der Waals surface area (Å²) in [7, 11) is -3.62. The van der Waals surface area contributed by atoms with Gasteiger partial charge in [0.15, 0.2) is 0 Å². The number of sulfonamides is 1. The number of carbonyl (C=O) groups is 1. The Morgan fingerprint density at radius 1 is 1.32 bits per heavy atom. The van der Waals surface area contributed by atoms with Crippen LogP contribution in [0, 0.1) is 6.92 Å². The van der Waals surface area contributed by atoms with Crippen LogP contribution in [0.3, 0.4) is 0 Å². The van der Waals surface area contributed by atoms with Crippen LogP contribution in [0.15, 0.2) is 23.1 Å². The second kappa shape index (κ2) is 7.82. The van der Waals surface area contributed by atoms with Crippen LogP contribution in [-0.4, -0.2) is 64.1 Å². The Balaban J connectivity index is 1.81. The highest BCUT2D eigenvalue weighted by Crippen LogP contribution is 2.22. The van der Waals surface area contributed by atoms with Crippen LogP contribution < -0.4 is 10.6 Å². The van der Waals surface area contributed by atoms with Gasteiger partial charge in [-0.05, 0) is 44.0 Å². The highest BCUT2D eigenvalue weighted by molar-refractivity contribution is 7.89. The van der Waals surface area contributed by atoms with E-state index in [0.29, 0.717) is 37.4 Å². The van der Waals surface area contributed by atoms with Crippen molar-refractivity contribution in [2.75, 3.05) is 39.4 Å². The fraction of sp³-hybridized carbons (Fsp3) is 0.588. The van der Waals surface area contributed by atoms with Gasteiger partial charge in [0.05, 0.1) is 18.1 Å². The number of aryl methyl sites for hydroxylation is 1. The summed E-state index contributed by atoms with van der Waals surface area (Å²) in [5, 5.41) is 6.23. The van der Waals surface area contributed by atoms with Crippen LogP contribution in [0.4, 0.5) is 0 Å². The van der Waals surface area contributed by atoms with Crippen LogP contribution in [0.2, 0.25) is 0 Å². The second-order valence-electron chi connectivity index (χ2n) is 6.51. The summed E-state index contributed by atoms with van der Waals surface area (Å²) in [5.41, 5.74) is 1.02. The molecule has 1 aromatic carbocycles. The molecule has 0 aliphatic carbocycles. The third-order valence-corrected chi connectivity index (χ3v) is 6.71. The molecule has 1 unspecified atom stereocenters. The van der Waals surface area contributed by atoms with Crippen molar-refractivity contribution in [1.29, 1.82) is 0 Å². The van der Waals surface area contributed by atoms with Gasteiger partial charge < -0.3 is 15.4 Å². The monoisotopic (exact) mass is 367 g/mol. The van der Waals surface area contributed by atoms with Crippen molar-refractivity contribution >= 4 is 15.9 Å². The minimum atomic E-state index is -3.62. The molecule has 2 heterocycles. The van der Waals surface area contributed by atoms with Crippen LogP contribution in [0.1, 0.15) is 28.8 Å². The zero-order valence-corrected chi connectivity index (χ0v) is 15.3. The lowest BCUT2D eigenvalue weighted by Crippen LogP contribution is -2.45. The van der Waals surface area contributed by atoms with Crippen LogP contribution >= 0.6 is 0 Å². The average molecular weight is 367 g/mol. The van der Waals surface area contributed by atoms with Crippen molar-refractivity contribution in [1.82, 2.24) is 14.9 Å². The summed E-state index contributed by atoms with van der Waals surface area (Å²) in [6.45, 7) is 4.94. The van der Waals surface area contributed by atoms with Gasteiger partial charge in [-0.2, -0.15) is 4.31 Å². The maximum absolute atomic E-state index is 12.9. The quantitative estimate of drug-likeness (QED) is 0.809. The molecule has 2 N–H and O–H groups in total. The number of carbonyl (C=O) groups excluding carboxylic acids is 1. The molecular formula is C17H25N3O4S. The molecule has 0 bridgehead atoms. The molecule has 0 spiro atoms. The lowest BCUT2D eigenvalue weighted by Gasteiger charge is -2.27. The molecule has 2 fully saturated rings. The second-order valence-corrected chi connectivity index (χ2v) is 8.42. The summed E-state index contributed by atoms with van der Waals surface area (Å²) < 4.78 is 32.5. The number of ether oxygens (including phenoxy) is 1. The number of morpholine rings is 1. The zero-order chi connectivity index (χ0) is 17.9. The Bertz CT molecular complexity index is 723. The third-order valence-electron chi connectivity index (χ3n) is 4.67. The minimum absolute atomic E-state index is 0.0850. The normalized spacial score (nSPS) is 22.5. The summed E-state index contributed by atoms with van der Waals surface area (Å²) in [5.74, 6) is -0.230. The average Bonchev–Trinajstić information content (AvgIpc) is 2.63. The summed E-state index contributed by atoms with van der Waals surface area (Å²) in [4.78, 5) is 12.7. The van der Waals surface area contributed by atoms with Gasteiger partial charge in [-0.25, -0.2) is 8.42 Å². The molecule has 138 valence electrons. The van der Waals surface area contributed by atoms with E-state index in [-0.39, 0.29) is 16.8 Å². The first kappa shape index (κ1) is 18.3. The number of nitrogens with zero attached hydrogens (tertiary/aromatic N) is 1.